The molecule has 18 heavy (non-hydrogen) atoms. The normalized spacial score (nSPS) is 26.2. The molecule has 2 unspecified atom stereocenters. The highest BCUT2D eigenvalue weighted by Crippen LogP contribution is 2.26. The van der Waals surface area contributed by atoms with Gasteiger partial charge >= 0.3 is 0 Å². The van der Waals surface area contributed by atoms with Crippen LogP contribution in [-0.4, -0.2) is 31.5 Å². The zero-order valence-electron chi connectivity index (χ0n) is 12.3. The summed E-state index contributed by atoms with van der Waals surface area (Å²) >= 11 is 0. The second kappa shape index (κ2) is 6.38. The Morgan fingerprint density at radius 2 is 1.78 bits per heavy atom. The Morgan fingerprint density at radius 1 is 1.17 bits per heavy atom. The first-order chi connectivity index (χ1) is 8.28. The Hall–Kier alpha value is -0.0900. The minimum Gasteiger partial charge on any atom is -0.313 e. The van der Waals surface area contributed by atoms with Gasteiger partial charge in [-0.05, 0) is 39.5 Å². The van der Waals surface area contributed by atoms with Crippen molar-refractivity contribution in [2.75, 3.05) is 12.3 Å². The van der Waals surface area contributed by atoms with Crippen LogP contribution in [-0.2, 0) is 9.84 Å². The smallest absolute Gasteiger partial charge is 0.156 e. The van der Waals surface area contributed by atoms with Gasteiger partial charge in [0.25, 0.3) is 0 Å². The van der Waals surface area contributed by atoms with E-state index >= 15 is 0 Å². The lowest BCUT2D eigenvalue weighted by molar-refractivity contribution is 0.259. The minimum absolute atomic E-state index is 0.253. The molecule has 0 heterocycles. The first-order valence-electron chi connectivity index (χ1n) is 7.23. The van der Waals surface area contributed by atoms with E-state index in [1.54, 1.807) is 20.8 Å². The molecule has 1 fully saturated rings. The van der Waals surface area contributed by atoms with E-state index in [0.717, 1.165) is 5.92 Å². The van der Waals surface area contributed by atoms with E-state index in [1.807, 2.05) is 0 Å². The fourth-order valence-electron chi connectivity index (χ4n) is 2.65. The molecule has 1 N–H and O–H groups in total. The van der Waals surface area contributed by atoms with Crippen molar-refractivity contribution < 1.29 is 8.42 Å². The number of hydrogen-bond acceptors (Lipinski definition) is 3. The van der Waals surface area contributed by atoms with Crippen molar-refractivity contribution in [3.63, 3.8) is 0 Å². The Bertz CT molecular complexity index is 343. The van der Waals surface area contributed by atoms with Crippen LogP contribution >= 0.6 is 0 Å². The van der Waals surface area contributed by atoms with E-state index in [1.165, 1.54) is 32.1 Å². The molecule has 108 valence electrons. The maximum Gasteiger partial charge on any atom is 0.156 e. The van der Waals surface area contributed by atoms with Gasteiger partial charge in [0.2, 0.25) is 0 Å². The average Bonchev–Trinajstić information content (AvgIpc) is 2.28. The molecular formula is C14H29NO2S. The fourth-order valence-corrected chi connectivity index (χ4v) is 3.65. The van der Waals surface area contributed by atoms with Gasteiger partial charge in [-0.25, -0.2) is 8.42 Å². The second-order valence-electron chi connectivity index (χ2n) is 6.44. The van der Waals surface area contributed by atoms with Crippen LogP contribution in [0, 0.1) is 5.92 Å². The molecule has 0 aliphatic heterocycles. The van der Waals surface area contributed by atoms with Gasteiger partial charge in [0.05, 0.1) is 10.5 Å². The van der Waals surface area contributed by atoms with Crippen LogP contribution in [0.1, 0.15) is 59.8 Å². The van der Waals surface area contributed by atoms with Crippen molar-refractivity contribution in [2.24, 2.45) is 5.92 Å². The summed E-state index contributed by atoms with van der Waals surface area (Å²) in [7, 11) is -2.99. The Kier molecular flexibility index (Phi) is 5.66. The third kappa shape index (κ3) is 4.23. The van der Waals surface area contributed by atoms with Gasteiger partial charge in [-0.15, -0.1) is 0 Å². The predicted molar refractivity (Wildman–Crippen MR) is 77.6 cm³/mol. The number of hydrogen-bond donors (Lipinski definition) is 1. The molecule has 1 aliphatic carbocycles. The molecule has 4 heteroatoms. The van der Waals surface area contributed by atoms with Crippen molar-refractivity contribution in [1.82, 2.24) is 5.32 Å². The Labute approximate surface area is 113 Å². The first-order valence-corrected chi connectivity index (χ1v) is 8.89. The summed E-state index contributed by atoms with van der Waals surface area (Å²) in [6.45, 7) is 8.16. The van der Waals surface area contributed by atoms with Crippen LogP contribution in [0.2, 0.25) is 0 Å². The van der Waals surface area contributed by atoms with Crippen LogP contribution < -0.4 is 5.32 Å². The van der Waals surface area contributed by atoms with E-state index in [0.29, 0.717) is 12.6 Å². The summed E-state index contributed by atoms with van der Waals surface area (Å²) in [6.07, 6.45) is 6.30. The molecule has 0 aromatic heterocycles. The third-order valence-electron chi connectivity index (χ3n) is 4.14. The number of rotatable bonds is 5. The molecule has 0 amide bonds. The van der Waals surface area contributed by atoms with E-state index in [4.69, 9.17) is 0 Å². The first kappa shape index (κ1) is 16.0. The van der Waals surface area contributed by atoms with Crippen LogP contribution in [0.5, 0.6) is 0 Å². The molecule has 0 aromatic rings. The topological polar surface area (TPSA) is 46.2 Å². The molecule has 0 bridgehead atoms. The lowest BCUT2D eigenvalue weighted by atomic mass is 9.83. The second-order valence-corrected chi connectivity index (χ2v) is 9.31. The summed E-state index contributed by atoms with van der Waals surface area (Å²) in [5.74, 6) is 0.986. The Morgan fingerprint density at radius 3 is 2.33 bits per heavy atom. The van der Waals surface area contributed by atoms with Crippen LogP contribution in [0.4, 0.5) is 0 Å². The van der Waals surface area contributed by atoms with Gasteiger partial charge in [-0.3, -0.25) is 0 Å². The molecule has 0 radical (unpaired) electrons. The van der Waals surface area contributed by atoms with Gasteiger partial charge < -0.3 is 5.32 Å². The van der Waals surface area contributed by atoms with Crippen LogP contribution in [0.15, 0.2) is 0 Å². The van der Waals surface area contributed by atoms with Gasteiger partial charge in [0.1, 0.15) is 0 Å². The van der Waals surface area contributed by atoms with E-state index in [9.17, 15) is 8.42 Å². The quantitative estimate of drug-likeness (QED) is 0.839. The SMILES string of the molecule is CCC1CCCCC1NCCS(=O)(=O)C(C)(C)C. The predicted octanol–water partition coefficient (Wildman–Crippen LogP) is 2.76. The molecule has 1 aliphatic rings. The van der Waals surface area contributed by atoms with Crippen LogP contribution in [0.25, 0.3) is 0 Å². The van der Waals surface area contributed by atoms with E-state index < -0.39 is 14.6 Å². The lowest BCUT2D eigenvalue weighted by Gasteiger charge is -2.32. The van der Waals surface area contributed by atoms with Crippen LogP contribution in [0.3, 0.4) is 0 Å². The Balaban J connectivity index is 2.41. The standard InChI is InChI=1S/C14H29NO2S/c1-5-12-8-6-7-9-13(12)15-10-11-18(16,17)14(2,3)4/h12-13,15H,5-11H2,1-4H3. The van der Waals surface area contributed by atoms with Gasteiger partial charge in [0.15, 0.2) is 9.84 Å². The molecule has 1 rings (SSSR count). The average molecular weight is 275 g/mol. The van der Waals surface area contributed by atoms with Crippen molar-refractivity contribution in [1.29, 1.82) is 0 Å². The highest BCUT2D eigenvalue weighted by molar-refractivity contribution is 7.92. The largest absolute Gasteiger partial charge is 0.313 e. The monoisotopic (exact) mass is 275 g/mol. The van der Waals surface area contributed by atoms with Crippen molar-refractivity contribution in [3.8, 4) is 0 Å². The van der Waals surface area contributed by atoms with Crippen molar-refractivity contribution >= 4 is 9.84 Å². The van der Waals surface area contributed by atoms with Gasteiger partial charge in [-0.2, -0.15) is 0 Å². The summed E-state index contributed by atoms with van der Waals surface area (Å²) in [6, 6.07) is 0.527. The van der Waals surface area contributed by atoms with Crippen molar-refractivity contribution in [3.05, 3.63) is 0 Å². The third-order valence-corrected chi connectivity index (χ3v) is 6.75. The molecule has 3 nitrogen and oxygen atoms in total. The van der Waals surface area contributed by atoms with E-state index in [-0.39, 0.29) is 5.75 Å². The van der Waals surface area contributed by atoms with Gasteiger partial charge in [-0.1, -0.05) is 26.2 Å². The highest BCUT2D eigenvalue weighted by Gasteiger charge is 2.29. The minimum atomic E-state index is -2.99. The molecule has 2 atom stereocenters. The zero-order chi connectivity index (χ0) is 13.8. The molecule has 1 saturated carbocycles. The summed E-state index contributed by atoms with van der Waals surface area (Å²) < 4.78 is 23.4. The maximum absolute atomic E-state index is 12.0. The van der Waals surface area contributed by atoms with E-state index in [2.05, 4.69) is 12.2 Å². The molecule has 0 spiro atoms. The summed E-state index contributed by atoms with van der Waals surface area (Å²) in [5.41, 5.74) is 0. The zero-order valence-corrected chi connectivity index (χ0v) is 13.1. The fraction of sp³-hybridized carbons (Fsp3) is 1.00. The summed E-state index contributed by atoms with van der Waals surface area (Å²) in [5, 5.41) is 3.47. The summed E-state index contributed by atoms with van der Waals surface area (Å²) in [4.78, 5) is 0. The molecular weight excluding hydrogens is 246 g/mol. The number of nitrogens with one attached hydrogen (secondary N) is 1. The molecule has 0 saturated heterocycles. The lowest BCUT2D eigenvalue weighted by Crippen LogP contribution is -2.42. The number of sulfone groups is 1. The maximum atomic E-state index is 12.0. The highest BCUT2D eigenvalue weighted by atomic mass is 32.2. The molecule has 0 aromatic carbocycles. The van der Waals surface area contributed by atoms with Gasteiger partial charge in [0, 0.05) is 12.6 Å². The van der Waals surface area contributed by atoms with Crippen molar-refractivity contribution in [2.45, 2.75) is 70.6 Å².